The van der Waals surface area contributed by atoms with Gasteiger partial charge in [-0.2, -0.15) is 0 Å². The molecule has 1 aliphatic heterocycles. The van der Waals surface area contributed by atoms with E-state index >= 15 is 0 Å². The predicted molar refractivity (Wildman–Crippen MR) is 46.9 cm³/mol. The summed E-state index contributed by atoms with van der Waals surface area (Å²) in [6.45, 7) is 5.76. The van der Waals surface area contributed by atoms with Gasteiger partial charge in [0.2, 0.25) is 0 Å². The van der Waals surface area contributed by atoms with Crippen molar-refractivity contribution >= 4 is 6.21 Å². The van der Waals surface area contributed by atoms with E-state index in [0.717, 1.165) is 0 Å². The monoisotopic (exact) mass is 150 g/mol. The Balaban J connectivity index is 2.11. The summed E-state index contributed by atoms with van der Waals surface area (Å²) >= 11 is 0. The third-order valence-electron chi connectivity index (χ3n) is 2.67. The van der Waals surface area contributed by atoms with Gasteiger partial charge in [0.15, 0.2) is 19.0 Å². The van der Waals surface area contributed by atoms with Crippen LogP contribution in [0.25, 0.3) is 0 Å². The summed E-state index contributed by atoms with van der Waals surface area (Å²) in [6.07, 6.45) is 8.71. The van der Waals surface area contributed by atoms with Crippen LogP contribution in [0.5, 0.6) is 0 Å². The molecule has 0 unspecified atom stereocenters. The average Bonchev–Trinajstić information content (AvgIpc) is 2.49. The van der Waals surface area contributed by atoms with Crippen molar-refractivity contribution in [2.45, 2.75) is 33.1 Å². The zero-order chi connectivity index (χ0) is 7.90. The molecule has 0 aromatic carbocycles. The lowest BCUT2D eigenvalue weighted by Crippen LogP contribution is -2.09. The van der Waals surface area contributed by atoms with Crippen molar-refractivity contribution < 1.29 is 4.58 Å². The van der Waals surface area contributed by atoms with Crippen LogP contribution in [0.4, 0.5) is 0 Å². The topological polar surface area (TPSA) is 3.01 Å². The third kappa shape index (κ3) is 1.52. The Kier molecular flexibility index (Phi) is 1.41. The average molecular weight is 150 g/mol. The number of nitrogens with zero attached hydrogens (tertiary/aromatic N) is 1. The standard InChI is InChI=1S/C10H16N/c1-9-3-6-11(7-9)8-10(2)4-5-10/h7-8H,3-6H2,1-2H3/q+1. The second kappa shape index (κ2) is 2.20. The van der Waals surface area contributed by atoms with Gasteiger partial charge in [-0.3, -0.25) is 0 Å². The van der Waals surface area contributed by atoms with E-state index in [0.29, 0.717) is 5.41 Å². The van der Waals surface area contributed by atoms with E-state index in [1.807, 2.05) is 0 Å². The van der Waals surface area contributed by atoms with Gasteiger partial charge in [-0.25, -0.2) is 4.58 Å². The van der Waals surface area contributed by atoms with Crippen molar-refractivity contribution in [1.82, 2.24) is 0 Å². The molecule has 60 valence electrons. The fraction of sp³-hybridized carbons (Fsp3) is 0.700. The van der Waals surface area contributed by atoms with Gasteiger partial charge < -0.3 is 0 Å². The maximum absolute atomic E-state index is 2.41. The molecule has 0 saturated heterocycles. The molecule has 0 N–H and O–H groups in total. The van der Waals surface area contributed by atoms with Gasteiger partial charge in [-0.05, 0) is 25.3 Å². The molecule has 0 radical (unpaired) electrons. The van der Waals surface area contributed by atoms with E-state index in [4.69, 9.17) is 0 Å². The molecule has 11 heavy (non-hydrogen) atoms. The molecular weight excluding hydrogens is 134 g/mol. The predicted octanol–water partition coefficient (Wildman–Crippen LogP) is 2.18. The lowest BCUT2D eigenvalue weighted by atomic mass is 10.2. The molecule has 0 aromatic heterocycles. The van der Waals surface area contributed by atoms with E-state index in [9.17, 15) is 0 Å². The summed E-state index contributed by atoms with van der Waals surface area (Å²) < 4.78 is 2.36. The number of rotatable bonds is 1. The van der Waals surface area contributed by atoms with Gasteiger partial charge >= 0.3 is 0 Å². The molecule has 1 nitrogen and oxygen atoms in total. The molecule has 0 aromatic rings. The zero-order valence-corrected chi connectivity index (χ0v) is 7.43. The van der Waals surface area contributed by atoms with Gasteiger partial charge in [0.05, 0.1) is 0 Å². The van der Waals surface area contributed by atoms with E-state index < -0.39 is 0 Å². The highest BCUT2D eigenvalue weighted by Crippen LogP contribution is 2.42. The van der Waals surface area contributed by atoms with Crippen LogP contribution in [0, 0.1) is 5.41 Å². The van der Waals surface area contributed by atoms with E-state index in [2.05, 4.69) is 30.8 Å². The van der Waals surface area contributed by atoms with Crippen LogP contribution in [0.2, 0.25) is 0 Å². The SMILES string of the molecule is CC1=C[N+](=CC2(C)CC2)CC1. The van der Waals surface area contributed by atoms with E-state index in [-0.39, 0.29) is 0 Å². The van der Waals surface area contributed by atoms with Crippen molar-refractivity contribution in [2.75, 3.05) is 6.54 Å². The van der Waals surface area contributed by atoms with Crippen LogP contribution >= 0.6 is 0 Å². The molecular formula is C10H16N+. The minimum absolute atomic E-state index is 0.557. The number of hydrogen-bond donors (Lipinski definition) is 0. The Morgan fingerprint density at radius 1 is 1.55 bits per heavy atom. The summed E-state index contributed by atoms with van der Waals surface area (Å²) in [6, 6.07) is 0. The fourth-order valence-corrected chi connectivity index (χ4v) is 1.55. The Morgan fingerprint density at radius 3 is 2.73 bits per heavy atom. The van der Waals surface area contributed by atoms with Crippen LogP contribution in [-0.2, 0) is 0 Å². The second-order valence-corrected chi connectivity index (χ2v) is 4.25. The molecule has 1 aliphatic carbocycles. The van der Waals surface area contributed by atoms with E-state index in [1.54, 1.807) is 0 Å². The zero-order valence-electron chi connectivity index (χ0n) is 7.43. The Bertz CT molecular complexity index is 231. The maximum atomic E-state index is 2.41. The molecule has 1 saturated carbocycles. The lowest BCUT2D eigenvalue weighted by Gasteiger charge is -1.94. The van der Waals surface area contributed by atoms with Gasteiger partial charge in [-0.15, -0.1) is 0 Å². The molecule has 0 spiro atoms. The van der Waals surface area contributed by atoms with Crippen molar-refractivity contribution in [3.63, 3.8) is 0 Å². The fourth-order valence-electron chi connectivity index (χ4n) is 1.55. The van der Waals surface area contributed by atoms with Gasteiger partial charge in [0.25, 0.3) is 0 Å². The van der Waals surface area contributed by atoms with Gasteiger partial charge in [-0.1, -0.05) is 6.92 Å². The first-order valence-electron chi connectivity index (χ1n) is 4.47. The molecule has 2 rings (SSSR count). The summed E-state index contributed by atoms with van der Waals surface area (Å²) in [7, 11) is 0. The third-order valence-corrected chi connectivity index (χ3v) is 2.67. The summed E-state index contributed by atoms with van der Waals surface area (Å²) in [5.74, 6) is 0. The first kappa shape index (κ1) is 7.08. The molecule has 0 bridgehead atoms. The Morgan fingerprint density at radius 2 is 2.27 bits per heavy atom. The van der Waals surface area contributed by atoms with Crippen molar-refractivity contribution in [3.8, 4) is 0 Å². The summed E-state index contributed by atoms with van der Waals surface area (Å²) in [4.78, 5) is 0. The van der Waals surface area contributed by atoms with Gasteiger partial charge in [0.1, 0.15) is 0 Å². The van der Waals surface area contributed by atoms with Gasteiger partial charge in [0, 0.05) is 11.8 Å². The van der Waals surface area contributed by atoms with Crippen LogP contribution in [0.3, 0.4) is 0 Å². The molecule has 2 aliphatic rings. The minimum Gasteiger partial charge on any atom is -0.208 e. The van der Waals surface area contributed by atoms with Crippen LogP contribution in [0.1, 0.15) is 33.1 Å². The molecule has 1 heterocycles. The first-order chi connectivity index (χ1) is 5.18. The van der Waals surface area contributed by atoms with Crippen LogP contribution in [-0.4, -0.2) is 17.3 Å². The van der Waals surface area contributed by atoms with E-state index in [1.165, 1.54) is 31.4 Å². The number of hydrogen-bond acceptors (Lipinski definition) is 0. The quantitative estimate of drug-likeness (QED) is 0.504. The highest BCUT2D eigenvalue weighted by atomic mass is 15.0. The van der Waals surface area contributed by atoms with Crippen molar-refractivity contribution in [1.29, 1.82) is 0 Å². The highest BCUT2D eigenvalue weighted by Gasteiger charge is 2.39. The molecule has 0 amide bonds. The summed E-state index contributed by atoms with van der Waals surface area (Å²) in [5, 5.41) is 0. The Labute approximate surface area is 68.4 Å². The van der Waals surface area contributed by atoms with Crippen molar-refractivity contribution in [2.24, 2.45) is 5.41 Å². The van der Waals surface area contributed by atoms with Crippen LogP contribution in [0.15, 0.2) is 11.8 Å². The Hall–Kier alpha value is -0.590. The van der Waals surface area contributed by atoms with Crippen LogP contribution < -0.4 is 0 Å². The largest absolute Gasteiger partial charge is 0.208 e. The molecule has 0 atom stereocenters. The molecule has 1 fully saturated rings. The lowest BCUT2D eigenvalue weighted by molar-refractivity contribution is -0.444. The molecule has 1 heteroatoms. The first-order valence-corrected chi connectivity index (χ1v) is 4.47. The second-order valence-electron chi connectivity index (χ2n) is 4.25. The van der Waals surface area contributed by atoms with Crippen molar-refractivity contribution in [3.05, 3.63) is 11.8 Å². The summed E-state index contributed by atoms with van der Waals surface area (Å²) in [5.41, 5.74) is 2.08. The highest BCUT2D eigenvalue weighted by molar-refractivity contribution is 5.64. The maximum Gasteiger partial charge on any atom is 0.167 e. The smallest absolute Gasteiger partial charge is 0.167 e. The minimum atomic E-state index is 0.557. The normalized spacial score (nSPS) is 30.7.